The van der Waals surface area contributed by atoms with E-state index < -0.39 is 10.0 Å². The van der Waals surface area contributed by atoms with Crippen LogP contribution in [0, 0.1) is 0 Å². The van der Waals surface area contributed by atoms with E-state index in [1.807, 2.05) is 24.3 Å². The van der Waals surface area contributed by atoms with Gasteiger partial charge in [-0.1, -0.05) is 37.6 Å². The number of nitrogens with one attached hydrogen (secondary N) is 2. The van der Waals surface area contributed by atoms with Gasteiger partial charge in [0.25, 0.3) is 0 Å². The zero-order chi connectivity index (χ0) is 21.7. The van der Waals surface area contributed by atoms with Gasteiger partial charge in [0, 0.05) is 46.4 Å². The number of hydrogen-bond acceptors (Lipinski definition) is 5. The Morgan fingerprint density at radius 2 is 1.81 bits per heavy atom. The maximum Gasteiger partial charge on any atom is 0.218 e. The number of sulfonamides is 1. The molecule has 1 aliphatic rings. The molecule has 0 saturated carbocycles. The summed E-state index contributed by atoms with van der Waals surface area (Å²) in [5, 5.41) is 6.54. The third kappa shape index (κ3) is 10.5. The lowest BCUT2D eigenvalue weighted by Gasteiger charge is -2.26. The van der Waals surface area contributed by atoms with Crippen molar-refractivity contribution in [3.05, 3.63) is 35.4 Å². The van der Waals surface area contributed by atoms with Crippen LogP contribution in [-0.4, -0.2) is 71.8 Å². The summed E-state index contributed by atoms with van der Waals surface area (Å²) >= 11 is 0. The van der Waals surface area contributed by atoms with E-state index in [0.29, 0.717) is 38.8 Å². The molecule has 178 valence electrons. The van der Waals surface area contributed by atoms with Crippen molar-refractivity contribution in [1.82, 2.24) is 14.9 Å². The molecule has 0 bridgehead atoms. The summed E-state index contributed by atoms with van der Waals surface area (Å²) in [4.78, 5) is 4.24. The van der Waals surface area contributed by atoms with Gasteiger partial charge < -0.3 is 20.1 Å². The molecule has 0 radical (unpaired) electrons. The minimum Gasteiger partial charge on any atom is -0.381 e. The molecule has 31 heavy (non-hydrogen) atoms. The van der Waals surface area contributed by atoms with E-state index in [1.165, 1.54) is 4.31 Å². The first-order chi connectivity index (χ1) is 14.6. The molecule has 1 aliphatic heterocycles. The Morgan fingerprint density at radius 1 is 1.13 bits per heavy atom. The van der Waals surface area contributed by atoms with Gasteiger partial charge in [-0.3, -0.25) is 4.99 Å². The Kier molecular flexibility index (Phi) is 14.3. The summed E-state index contributed by atoms with van der Waals surface area (Å²) in [6.45, 7) is 6.70. The van der Waals surface area contributed by atoms with Gasteiger partial charge in [-0.15, -0.1) is 24.0 Å². The smallest absolute Gasteiger partial charge is 0.218 e. The van der Waals surface area contributed by atoms with Crippen LogP contribution in [0.15, 0.2) is 29.3 Å². The summed E-state index contributed by atoms with van der Waals surface area (Å²) in [6.07, 6.45) is 3.14. The minimum atomic E-state index is -3.36. The van der Waals surface area contributed by atoms with Gasteiger partial charge in [0.1, 0.15) is 0 Å². The molecule has 1 aromatic carbocycles. The molecule has 1 fully saturated rings. The number of nitrogens with zero attached hydrogens (tertiary/aromatic N) is 2. The second-order valence-corrected chi connectivity index (χ2v) is 9.18. The Bertz CT molecular complexity index is 756. The second kappa shape index (κ2) is 15.8. The van der Waals surface area contributed by atoms with Crippen molar-refractivity contribution in [2.45, 2.75) is 38.5 Å². The van der Waals surface area contributed by atoms with Gasteiger partial charge in [-0.25, -0.2) is 8.42 Å². The van der Waals surface area contributed by atoms with Crippen LogP contribution in [0.2, 0.25) is 0 Å². The molecule has 2 rings (SSSR count). The van der Waals surface area contributed by atoms with Crippen LogP contribution in [0.4, 0.5) is 0 Å². The molecule has 10 heteroatoms. The summed E-state index contributed by atoms with van der Waals surface area (Å²) < 4.78 is 37.9. The van der Waals surface area contributed by atoms with Crippen molar-refractivity contribution < 1.29 is 17.9 Å². The summed E-state index contributed by atoms with van der Waals surface area (Å²) in [6, 6.07) is 7.62. The maximum atomic E-state index is 12.8. The third-order valence-corrected chi connectivity index (χ3v) is 6.72. The van der Waals surface area contributed by atoms with Crippen LogP contribution in [0.3, 0.4) is 0 Å². The number of benzene rings is 1. The molecular weight excluding hydrogens is 531 g/mol. The largest absolute Gasteiger partial charge is 0.381 e. The fourth-order valence-corrected chi connectivity index (χ4v) is 4.67. The number of morpholine rings is 1. The Morgan fingerprint density at radius 3 is 2.48 bits per heavy atom. The normalized spacial score (nSPS) is 15.4. The Hall–Kier alpha value is -0.950. The number of guanidine groups is 1. The van der Waals surface area contributed by atoms with E-state index >= 15 is 0 Å². The van der Waals surface area contributed by atoms with E-state index in [9.17, 15) is 8.42 Å². The maximum absolute atomic E-state index is 12.8. The molecular formula is C21H37IN4O4S. The molecule has 0 atom stereocenters. The molecule has 1 heterocycles. The SMILES string of the molecule is CCCCOCCCNC(=NC)NCc1ccccc1CS(=O)(=O)N1CCOCC1.I. The van der Waals surface area contributed by atoms with E-state index in [4.69, 9.17) is 9.47 Å². The third-order valence-electron chi connectivity index (χ3n) is 4.89. The predicted molar refractivity (Wildman–Crippen MR) is 135 cm³/mol. The van der Waals surface area contributed by atoms with Crippen molar-refractivity contribution in [2.24, 2.45) is 4.99 Å². The zero-order valence-corrected chi connectivity index (χ0v) is 21.8. The number of ether oxygens (including phenoxy) is 2. The highest BCUT2D eigenvalue weighted by Crippen LogP contribution is 2.16. The topological polar surface area (TPSA) is 92.3 Å². The molecule has 0 aliphatic carbocycles. The lowest BCUT2D eigenvalue weighted by molar-refractivity contribution is 0.0729. The summed E-state index contributed by atoms with van der Waals surface area (Å²) in [5.74, 6) is 0.681. The average Bonchev–Trinajstić information content (AvgIpc) is 2.76. The molecule has 1 aromatic rings. The number of rotatable bonds is 12. The predicted octanol–water partition coefficient (Wildman–Crippen LogP) is 2.34. The number of aliphatic imine (C=N–C) groups is 1. The van der Waals surface area contributed by atoms with Gasteiger partial charge in [-0.2, -0.15) is 4.31 Å². The molecule has 0 unspecified atom stereocenters. The van der Waals surface area contributed by atoms with Gasteiger partial charge in [0.05, 0.1) is 19.0 Å². The molecule has 0 amide bonds. The molecule has 8 nitrogen and oxygen atoms in total. The van der Waals surface area contributed by atoms with Crippen LogP contribution in [-0.2, 0) is 31.8 Å². The van der Waals surface area contributed by atoms with Crippen molar-refractivity contribution in [2.75, 3.05) is 53.1 Å². The van der Waals surface area contributed by atoms with Gasteiger partial charge >= 0.3 is 0 Å². The molecule has 0 aromatic heterocycles. The Labute approximate surface area is 204 Å². The van der Waals surface area contributed by atoms with Gasteiger partial charge in [0.15, 0.2) is 5.96 Å². The van der Waals surface area contributed by atoms with Gasteiger partial charge in [-0.05, 0) is 24.0 Å². The summed E-state index contributed by atoms with van der Waals surface area (Å²) in [5.41, 5.74) is 1.75. The first kappa shape index (κ1) is 28.1. The number of hydrogen-bond donors (Lipinski definition) is 2. The van der Waals surface area contributed by atoms with E-state index in [1.54, 1.807) is 7.05 Å². The van der Waals surface area contributed by atoms with Crippen molar-refractivity contribution >= 4 is 40.0 Å². The Balaban J connectivity index is 0.00000480. The van der Waals surface area contributed by atoms with Crippen molar-refractivity contribution in [1.29, 1.82) is 0 Å². The number of unbranched alkanes of at least 4 members (excludes halogenated alkanes) is 1. The molecule has 1 saturated heterocycles. The van der Waals surface area contributed by atoms with Crippen LogP contribution in [0.25, 0.3) is 0 Å². The fraction of sp³-hybridized carbons (Fsp3) is 0.667. The molecule has 2 N–H and O–H groups in total. The van der Waals surface area contributed by atoms with Crippen LogP contribution >= 0.6 is 24.0 Å². The van der Waals surface area contributed by atoms with E-state index in [0.717, 1.165) is 50.1 Å². The summed E-state index contributed by atoms with van der Waals surface area (Å²) in [7, 11) is -1.64. The van der Waals surface area contributed by atoms with Crippen molar-refractivity contribution in [3.8, 4) is 0 Å². The first-order valence-electron chi connectivity index (χ1n) is 10.7. The monoisotopic (exact) mass is 568 g/mol. The van der Waals surface area contributed by atoms with Crippen LogP contribution < -0.4 is 10.6 Å². The average molecular weight is 569 g/mol. The first-order valence-corrected chi connectivity index (χ1v) is 12.3. The van der Waals surface area contributed by atoms with Gasteiger partial charge in [0.2, 0.25) is 10.0 Å². The fourth-order valence-electron chi connectivity index (χ4n) is 3.11. The van der Waals surface area contributed by atoms with E-state index in [-0.39, 0.29) is 29.7 Å². The second-order valence-electron chi connectivity index (χ2n) is 7.21. The lowest BCUT2D eigenvalue weighted by atomic mass is 10.1. The minimum absolute atomic E-state index is 0. The van der Waals surface area contributed by atoms with Crippen molar-refractivity contribution in [3.63, 3.8) is 0 Å². The quantitative estimate of drug-likeness (QED) is 0.174. The zero-order valence-electron chi connectivity index (χ0n) is 18.6. The molecule has 0 spiro atoms. The number of halogens is 1. The lowest BCUT2D eigenvalue weighted by Crippen LogP contribution is -2.41. The van der Waals surface area contributed by atoms with E-state index in [2.05, 4.69) is 22.5 Å². The highest BCUT2D eigenvalue weighted by Gasteiger charge is 2.25. The standard InChI is InChI=1S/C21H36N4O4S.HI/c1-3-4-13-28-14-7-10-23-21(22-2)24-17-19-8-5-6-9-20(19)18-30(26,27)25-11-15-29-16-12-25;/h5-6,8-9H,3-4,7,10-18H2,1-2H3,(H2,22,23,24);1H. The van der Waals surface area contributed by atoms with Crippen LogP contribution in [0.1, 0.15) is 37.3 Å². The van der Waals surface area contributed by atoms with Crippen LogP contribution in [0.5, 0.6) is 0 Å². The highest BCUT2D eigenvalue weighted by molar-refractivity contribution is 14.0. The highest BCUT2D eigenvalue weighted by atomic mass is 127.